The molecule has 0 radical (unpaired) electrons. The first-order chi connectivity index (χ1) is 10.9. The molecule has 0 saturated carbocycles. The van der Waals surface area contributed by atoms with Crippen LogP contribution >= 0.6 is 11.3 Å². The summed E-state index contributed by atoms with van der Waals surface area (Å²) in [5.74, 6) is -0.453. The summed E-state index contributed by atoms with van der Waals surface area (Å²) in [7, 11) is 2.08. The zero-order chi connectivity index (χ0) is 17.0. The quantitative estimate of drug-likeness (QED) is 0.828. The van der Waals surface area contributed by atoms with Gasteiger partial charge in [0.05, 0.1) is 18.7 Å². The minimum Gasteiger partial charge on any atom is -0.462 e. The van der Waals surface area contributed by atoms with E-state index in [-0.39, 0.29) is 11.9 Å². The molecule has 1 N–H and O–H groups in total. The molecular weight excluding hydrogens is 314 g/mol. The van der Waals surface area contributed by atoms with E-state index in [1.54, 1.807) is 6.92 Å². The summed E-state index contributed by atoms with van der Waals surface area (Å²) in [6.07, 6.45) is 0. The highest BCUT2D eigenvalue weighted by atomic mass is 32.1. The molecule has 2 heterocycles. The van der Waals surface area contributed by atoms with Crippen molar-refractivity contribution in [1.82, 2.24) is 9.80 Å². The summed E-state index contributed by atoms with van der Waals surface area (Å²) in [5, 5.41) is 3.49. The molecule has 1 aromatic rings. The van der Waals surface area contributed by atoms with E-state index in [1.165, 1.54) is 11.3 Å². The Morgan fingerprint density at radius 2 is 1.87 bits per heavy atom. The molecule has 0 unspecified atom stereocenters. The van der Waals surface area contributed by atoms with Crippen LogP contribution in [-0.4, -0.2) is 68.1 Å². The van der Waals surface area contributed by atoms with Crippen LogP contribution in [0.5, 0.6) is 0 Å². The van der Waals surface area contributed by atoms with Gasteiger partial charge in [-0.3, -0.25) is 9.69 Å². The van der Waals surface area contributed by atoms with Crippen molar-refractivity contribution in [2.75, 3.05) is 51.7 Å². The van der Waals surface area contributed by atoms with Gasteiger partial charge >= 0.3 is 5.97 Å². The smallest absolute Gasteiger partial charge is 0.341 e. The number of amides is 1. The van der Waals surface area contributed by atoms with Crippen molar-refractivity contribution in [3.8, 4) is 0 Å². The summed E-state index contributed by atoms with van der Waals surface area (Å²) in [6, 6.07) is 0. The fourth-order valence-corrected chi connectivity index (χ4v) is 3.60. The average Bonchev–Trinajstić information content (AvgIpc) is 2.76. The van der Waals surface area contributed by atoms with Gasteiger partial charge in [0.15, 0.2) is 0 Å². The Hall–Kier alpha value is -1.44. The fourth-order valence-electron chi connectivity index (χ4n) is 2.54. The van der Waals surface area contributed by atoms with Crippen molar-refractivity contribution < 1.29 is 14.3 Å². The second kappa shape index (κ2) is 7.90. The number of thiophene rings is 1. The number of hydrogen-bond acceptors (Lipinski definition) is 6. The summed E-state index contributed by atoms with van der Waals surface area (Å²) >= 11 is 1.43. The molecule has 0 spiro atoms. The lowest BCUT2D eigenvalue weighted by atomic mass is 10.1. The first kappa shape index (κ1) is 17.9. The van der Waals surface area contributed by atoms with Crippen LogP contribution in [-0.2, 0) is 9.53 Å². The van der Waals surface area contributed by atoms with Gasteiger partial charge in [-0.15, -0.1) is 11.3 Å². The molecule has 0 atom stereocenters. The van der Waals surface area contributed by atoms with Crippen molar-refractivity contribution in [2.45, 2.75) is 20.8 Å². The number of esters is 1. The summed E-state index contributed by atoms with van der Waals surface area (Å²) in [6.45, 7) is 9.99. The van der Waals surface area contributed by atoms with Crippen LogP contribution < -0.4 is 5.32 Å². The lowest BCUT2D eigenvalue weighted by Gasteiger charge is -2.31. The van der Waals surface area contributed by atoms with Crippen LogP contribution in [0, 0.1) is 13.8 Å². The summed E-state index contributed by atoms with van der Waals surface area (Å²) in [4.78, 5) is 29.8. The number of hydrogen-bond donors (Lipinski definition) is 1. The number of likely N-dealkylation sites (N-methyl/N-ethyl adjacent to an activating group) is 1. The van der Waals surface area contributed by atoms with E-state index in [9.17, 15) is 9.59 Å². The summed E-state index contributed by atoms with van der Waals surface area (Å²) < 4.78 is 5.11. The lowest BCUT2D eigenvalue weighted by molar-refractivity contribution is -0.117. The number of nitrogens with zero attached hydrogens (tertiary/aromatic N) is 2. The number of carbonyl (C=O) groups excluding carboxylic acids is 2. The highest BCUT2D eigenvalue weighted by Gasteiger charge is 2.23. The molecule has 128 valence electrons. The first-order valence-electron chi connectivity index (χ1n) is 7.90. The third kappa shape index (κ3) is 4.53. The summed E-state index contributed by atoms with van der Waals surface area (Å²) in [5.41, 5.74) is 1.37. The topological polar surface area (TPSA) is 61.9 Å². The SMILES string of the molecule is CCOC(=O)c1c(NC(=O)CN2CCN(C)CC2)sc(C)c1C. The van der Waals surface area contributed by atoms with E-state index in [1.807, 2.05) is 13.8 Å². The second-order valence-electron chi connectivity index (χ2n) is 5.84. The first-order valence-corrected chi connectivity index (χ1v) is 8.71. The van der Waals surface area contributed by atoms with Gasteiger partial charge in [-0.25, -0.2) is 4.79 Å². The van der Waals surface area contributed by atoms with Crippen LogP contribution in [0.2, 0.25) is 0 Å². The Balaban J connectivity index is 2.03. The predicted molar refractivity (Wildman–Crippen MR) is 92.3 cm³/mol. The van der Waals surface area contributed by atoms with E-state index < -0.39 is 0 Å². The minimum absolute atomic E-state index is 0.0821. The van der Waals surface area contributed by atoms with Gasteiger partial charge in [0.25, 0.3) is 0 Å². The van der Waals surface area contributed by atoms with Gasteiger partial charge < -0.3 is 15.0 Å². The Bertz CT molecular complexity index is 577. The highest BCUT2D eigenvalue weighted by molar-refractivity contribution is 7.16. The third-order valence-electron chi connectivity index (χ3n) is 4.08. The molecule has 6 nitrogen and oxygen atoms in total. The van der Waals surface area contributed by atoms with Crippen molar-refractivity contribution in [3.05, 3.63) is 16.0 Å². The maximum absolute atomic E-state index is 12.3. The van der Waals surface area contributed by atoms with Gasteiger partial charge in [0.1, 0.15) is 5.00 Å². The molecule has 7 heteroatoms. The molecule has 23 heavy (non-hydrogen) atoms. The zero-order valence-corrected chi connectivity index (χ0v) is 15.1. The van der Waals surface area contributed by atoms with Gasteiger partial charge in [0, 0.05) is 31.1 Å². The van der Waals surface area contributed by atoms with Crippen LogP contribution in [0.4, 0.5) is 5.00 Å². The number of carbonyl (C=O) groups is 2. The molecule has 1 aliphatic rings. The monoisotopic (exact) mass is 339 g/mol. The Morgan fingerprint density at radius 1 is 1.22 bits per heavy atom. The van der Waals surface area contributed by atoms with Gasteiger partial charge in [-0.05, 0) is 33.4 Å². The number of piperazine rings is 1. The number of nitrogens with one attached hydrogen (secondary N) is 1. The van der Waals surface area contributed by atoms with E-state index in [4.69, 9.17) is 4.74 Å². The van der Waals surface area contributed by atoms with Gasteiger partial charge in [-0.2, -0.15) is 0 Å². The van der Waals surface area contributed by atoms with Crippen molar-refractivity contribution in [1.29, 1.82) is 0 Å². The molecule has 1 aliphatic heterocycles. The Labute approximate surface area is 141 Å². The van der Waals surface area contributed by atoms with E-state index in [0.717, 1.165) is 36.6 Å². The van der Waals surface area contributed by atoms with Crippen molar-refractivity contribution in [3.63, 3.8) is 0 Å². The van der Waals surface area contributed by atoms with E-state index in [2.05, 4.69) is 22.2 Å². The number of rotatable bonds is 5. The number of aryl methyl sites for hydroxylation is 1. The molecule has 0 bridgehead atoms. The fraction of sp³-hybridized carbons (Fsp3) is 0.625. The standard InChI is InChI=1S/C16H25N3O3S/c1-5-22-16(21)14-11(2)12(3)23-15(14)17-13(20)10-19-8-6-18(4)7-9-19/h5-10H2,1-4H3,(H,17,20). The largest absolute Gasteiger partial charge is 0.462 e. The number of ether oxygens (including phenoxy) is 1. The van der Waals surface area contributed by atoms with Crippen LogP contribution in [0.3, 0.4) is 0 Å². The van der Waals surface area contributed by atoms with Crippen LogP contribution in [0.1, 0.15) is 27.7 Å². The van der Waals surface area contributed by atoms with Crippen LogP contribution in [0.25, 0.3) is 0 Å². The molecule has 0 aliphatic carbocycles. The molecule has 1 aromatic heterocycles. The maximum Gasteiger partial charge on any atom is 0.341 e. The highest BCUT2D eigenvalue weighted by Crippen LogP contribution is 2.33. The molecule has 1 saturated heterocycles. The van der Waals surface area contributed by atoms with Crippen LogP contribution in [0.15, 0.2) is 0 Å². The Morgan fingerprint density at radius 3 is 2.48 bits per heavy atom. The second-order valence-corrected chi connectivity index (χ2v) is 7.06. The maximum atomic E-state index is 12.3. The van der Waals surface area contributed by atoms with E-state index in [0.29, 0.717) is 23.7 Å². The predicted octanol–water partition coefficient (Wildman–Crippen LogP) is 1.73. The third-order valence-corrected chi connectivity index (χ3v) is 5.20. The van der Waals surface area contributed by atoms with Crippen molar-refractivity contribution in [2.24, 2.45) is 0 Å². The van der Waals surface area contributed by atoms with Gasteiger partial charge in [0.2, 0.25) is 5.91 Å². The molecule has 0 aromatic carbocycles. The zero-order valence-electron chi connectivity index (χ0n) is 14.3. The molecular formula is C16H25N3O3S. The molecule has 2 rings (SSSR count). The molecule has 1 fully saturated rings. The molecule has 1 amide bonds. The minimum atomic E-state index is -0.371. The average molecular weight is 339 g/mol. The Kier molecular flexibility index (Phi) is 6.15. The van der Waals surface area contributed by atoms with Gasteiger partial charge in [-0.1, -0.05) is 0 Å². The van der Waals surface area contributed by atoms with E-state index >= 15 is 0 Å². The normalized spacial score (nSPS) is 16.3. The number of anilines is 1. The lowest BCUT2D eigenvalue weighted by Crippen LogP contribution is -2.47. The van der Waals surface area contributed by atoms with Crippen molar-refractivity contribution >= 4 is 28.2 Å².